The summed E-state index contributed by atoms with van der Waals surface area (Å²) in [4.78, 5) is 0. The summed E-state index contributed by atoms with van der Waals surface area (Å²) in [6.45, 7) is -3.09. The van der Waals surface area contributed by atoms with Crippen LogP contribution in [0, 0.1) is 17.7 Å². The van der Waals surface area contributed by atoms with E-state index in [4.69, 9.17) is 0 Å². The molecule has 1 radical (unpaired) electrons. The van der Waals surface area contributed by atoms with Gasteiger partial charge in [-0.05, 0) is 23.8 Å². The SMILES string of the molecule is Fc1ccc(OC(F)F)c(Cc2c[c]ccc2)c1F. The summed E-state index contributed by atoms with van der Waals surface area (Å²) >= 11 is 0. The highest BCUT2D eigenvalue weighted by Crippen LogP contribution is 2.27. The lowest BCUT2D eigenvalue weighted by Crippen LogP contribution is -2.07. The molecule has 0 atom stereocenters. The molecular formula is C14H9F4O. The Balaban J connectivity index is 2.38. The molecule has 0 heterocycles. The van der Waals surface area contributed by atoms with Crippen LogP contribution in [0.1, 0.15) is 11.1 Å². The molecule has 2 rings (SSSR count). The van der Waals surface area contributed by atoms with Crippen molar-refractivity contribution in [3.05, 3.63) is 65.2 Å². The van der Waals surface area contributed by atoms with Gasteiger partial charge in [-0.3, -0.25) is 0 Å². The van der Waals surface area contributed by atoms with Crippen molar-refractivity contribution in [2.24, 2.45) is 0 Å². The first-order valence-electron chi connectivity index (χ1n) is 5.44. The van der Waals surface area contributed by atoms with Gasteiger partial charge in [-0.25, -0.2) is 8.78 Å². The molecule has 0 amide bonds. The minimum absolute atomic E-state index is 0.0526. The standard InChI is InChI=1S/C14H9F4O/c15-11-6-7-12(19-14(17)18)10(13(11)16)8-9-4-2-1-3-5-9/h1-2,4-7,14H,8H2. The normalized spacial score (nSPS) is 10.8. The first-order chi connectivity index (χ1) is 9.08. The maximum Gasteiger partial charge on any atom is 0.387 e. The van der Waals surface area contributed by atoms with E-state index < -0.39 is 18.2 Å². The lowest BCUT2D eigenvalue weighted by molar-refractivity contribution is -0.0506. The summed E-state index contributed by atoms with van der Waals surface area (Å²) in [5.41, 5.74) is 0.381. The van der Waals surface area contributed by atoms with Crippen molar-refractivity contribution in [2.75, 3.05) is 0 Å². The highest BCUT2D eigenvalue weighted by molar-refractivity contribution is 5.39. The van der Waals surface area contributed by atoms with Crippen molar-refractivity contribution < 1.29 is 22.3 Å². The Kier molecular flexibility index (Phi) is 4.04. The minimum Gasteiger partial charge on any atom is -0.434 e. The number of benzene rings is 2. The topological polar surface area (TPSA) is 9.23 Å². The molecule has 0 aliphatic carbocycles. The van der Waals surface area contributed by atoms with Gasteiger partial charge in [-0.15, -0.1) is 0 Å². The summed E-state index contributed by atoms with van der Waals surface area (Å²) in [6, 6.07) is 11.1. The molecule has 1 nitrogen and oxygen atoms in total. The van der Waals surface area contributed by atoms with Crippen LogP contribution in [0.5, 0.6) is 5.75 Å². The van der Waals surface area contributed by atoms with E-state index in [1.54, 1.807) is 24.3 Å². The second kappa shape index (κ2) is 5.73. The van der Waals surface area contributed by atoms with Gasteiger partial charge in [0, 0.05) is 12.0 Å². The Hall–Kier alpha value is -2.04. The van der Waals surface area contributed by atoms with Crippen LogP contribution < -0.4 is 4.74 Å². The minimum atomic E-state index is -3.09. The number of halogens is 4. The molecule has 19 heavy (non-hydrogen) atoms. The maximum atomic E-state index is 13.7. The smallest absolute Gasteiger partial charge is 0.387 e. The number of rotatable bonds is 4. The van der Waals surface area contributed by atoms with E-state index in [9.17, 15) is 17.6 Å². The molecule has 5 heteroatoms. The van der Waals surface area contributed by atoms with E-state index in [1.807, 2.05) is 0 Å². The highest BCUT2D eigenvalue weighted by atomic mass is 19.3. The molecule has 0 saturated heterocycles. The third kappa shape index (κ3) is 3.24. The maximum absolute atomic E-state index is 13.7. The Bertz CT molecular complexity index is 555. The molecule has 0 saturated carbocycles. The van der Waals surface area contributed by atoms with Crippen molar-refractivity contribution in [3.63, 3.8) is 0 Å². The number of hydrogen-bond donors (Lipinski definition) is 0. The van der Waals surface area contributed by atoms with Crippen molar-refractivity contribution >= 4 is 0 Å². The van der Waals surface area contributed by atoms with Gasteiger partial charge in [-0.1, -0.05) is 24.3 Å². The van der Waals surface area contributed by atoms with E-state index in [1.165, 1.54) is 0 Å². The van der Waals surface area contributed by atoms with Crippen LogP contribution in [0.15, 0.2) is 36.4 Å². The number of alkyl halides is 2. The monoisotopic (exact) mass is 269 g/mol. The van der Waals surface area contributed by atoms with Gasteiger partial charge in [0.2, 0.25) is 0 Å². The Morgan fingerprint density at radius 1 is 1.16 bits per heavy atom. The average molecular weight is 269 g/mol. The van der Waals surface area contributed by atoms with Crippen LogP contribution in [0.2, 0.25) is 0 Å². The lowest BCUT2D eigenvalue weighted by atomic mass is 10.0. The Morgan fingerprint density at radius 3 is 2.58 bits per heavy atom. The molecule has 99 valence electrons. The molecule has 0 aromatic heterocycles. The van der Waals surface area contributed by atoms with Gasteiger partial charge in [0.15, 0.2) is 11.6 Å². The molecule has 0 spiro atoms. The lowest BCUT2D eigenvalue weighted by Gasteiger charge is -2.12. The molecule has 2 aromatic carbocycles. The second-order valence-corrected chi connectivity index (χ2v) is 3.81. The third-order valence-corrected chi connectivity index (χ3v) is 2.52. The molecule has 2 aromatic rings. The largest absolute Gasteiger partial charge is 0.434 e. The van der Waals surface area contributed by atoms with Crippen molar-refractivity contribution in [2.45, 2.75) is 13.0 Å². The van der Waals surface area contributed by atoms with Crippen LogP contribution in [0.3, 0.4) is 0 Å². The van der Waals surface area contributed by atoms with E-state index in [0.717, 1.165) is 12.1 Å². The fourth-order valence-corrected chi connectivity index (χ4v) is 1.69. The summed E-state index contributed by atoms with van der Waals surface area (Å²) in [6.07, 6.45) is -0.0526. The van der Waals surface area contributed by atoms with E-state index in [0.29, 0.717) is 5.56 Å². The van der Waals surface area contributed by atoms with Gasteiger partial charge in [0.1, 0.15) is 5.75 Å². The zero-order chi connectivity index (χ0) is 13.8. The van der Waals surface area contributed by atoms with Crippen LogP contribution in [0.4, 0.5) is 17.6 Å². The van der Waals surface area contributed by atoms with Crippen LogP contribution in [-0.4, -0.2) is 6.61 Å². The van der Waals surface area contributed by atoms with Gasteiger partial charge in [0.05, 0.1) is 0 Å². The molecule has 0 aliphatic heterocycles. The fourth-order valence-electron chi connectivity index (χ4n) is 1.69. The quantitative estimate of drug-likeness (QED) is 0.763. The van der Waals surface area contributed by atoms with Crippen LogP contribution in [-0.2, 0) is 6.42 Å². The van der Waals surface area contributed by atoms with Crippen molar-refractivity contribution in [3.8, 4) is 5.75 Å². The van der Waals surface area contributed by atoms with Crippen LogP contribution in [0.25, 0.3) is 0 Å². The molecule has 0 fully saturated rings. The predicted octanol–water partition coefficient (Wildman–Crippen LogP) is 3.96. The third-order valence-electron chi connectivity index (χ3n) is 2.52. The highest BCUT2D eigenvalue weighted by Gasteiger charge is 2.17. The average Bonchev–Trinajstić information content (AvgIpc) is 2.39. The summed E-state index contributed by atoms with van der Waals surface area (Å²) in [7, 11) is 0. The Morgan fingerprint density at radius 2 is 1.95 bits per heavy atom. The summed E-state index contributed by atoms with van der Waals surface area (Å²) < 4.78 is 55.5. The first kappa shape index (κ1) is 13.4. The summed E-state index contributed by atoms with van der Waals surface area (Å²) in [5, 5.41) is 0. The van der Waals surface area contributed by atoms with E-state index >= 15 is 0 Å². The zero-order valence-electron chi connectivity index (χ0n) is 9.67. The first-order valence-corrected chi connectivity index (χ1v) is 5.44. The summed E-state index contributed by atoms with van der Waals surface area (Å²) in [5.74, 6) is -2.64. The van der Waals surface area contributed by atoms with Crippen molar-refractivity contribution in [1.82, 2.24) is 0 Å². The number of hydrogen-bond acceptors (Lipinski definition) is 1. The van der Waals surface area contributed by atoms with Gasteiger partial charge in [-0.2, -0.15) is 8.78 Å². The fraction of sp³-hybridized carbons (Fsp3) is 0.143. The molecule has 0 bridgehead atoms. The van der Waals surface area contributed by atoms with E-state index in [2.05, 4.69) is 10.8 Å². The molecule has 0 unspecified atom stereocenters. The van der Waals surface area contributed by atoms with Crippen LogP contribution >= 0.6 is 0 Å². The molecular weight excluding hydrogens is 260 g/mol. The zero-order valence-corrected chi connectivity index (χ0v) is 9.67. The number of ether oxygens (including phenoxy) is 1. The van der Waals surface area contributed by atoms with Gasteiger partial charge >= 0.3 is 6.61 Å². The van der Waals surface area contributed by atoms with Crippen molar-refractivity contribution in [1.29, 1.82) is 0 Å². The molecule has 0 N–H and O–H groups in total. The van der Waals surface area contributed by atoms with Gasteiger partial charge < -0.3 is 4.74 Å². The molecule has 0 aliphatic rings. The predicted molar refractivity (Wildman–Crippen MR) is 61.1 cm³/mol. The Labute approximate surface area is 107 Å². The van der Waals surface area contributed by atoms with Gasteiger partial charge in [0.25, 0.3) is 0 Å². The second-order valence-electron chi connectivity index (χ2n) is 3.81. The van der Waals surface area contributed by atoms with E-state index in [-0.39, 0.29) is 17.7 Å².